The van der Waals surface area contributed by atoms with Gasteiger partial charge in [0.05, 0.1) is 32.4 Å². The average Bonchev–Trinajstić information content (AvgIpc) is 2.75. The number of piperazine rings is 1. The number of nitrogens with zero attached hydrogens (tertiary/aromatic N) is 3. The highest BCUT2D eigenvalue weighted by atomic mass is 19.1. The van der Waals surface area contributed by atoms with E-state index in [-0.39, 0.29) is 23.9 Å². The van der Waals surface area contributed by atoms with Crippen LogP contribution in [-0.2, 0) is 16.1 Å². The van der Waals surface area contributed by atoms with E-state index in [9.17, 15) is 9.18 Å². The number of amides is 1. The first-order valence-electron chi connectivity index (χ1n) is 10.8. The first-order valence-corrected chi connectivity index (χ1v) is 10.8. The molecule has 0 radical (unpaired) electrons. The molecule has 2 atom stereocenters. The van der Waals surface area contributed by atoms with Gasteiger partial charge in [-0.25, -0.2) is 4.39 Å². The van der Waals surface area contributed by atoms with Gasteiger partial charge in [-0.2, -0.15) is 0 Å². The topological polar surface area (TPSA) is 45.2 Å². The van der Waals surface area contributed by atoms with Crippen molar-refractivity contribution in [3.05, 3.63) is 29.6 Å². The number of ether oxygens (including phenoxy) is 2. The molecule has 1 amide bonds. The Morgan fingerprint density at radius 1 is 1.14 bits per heavy atom. The maximum Gasteiger partial charge on any atom is 0.237 e. The number of rotatable bonds is 5. The van der Waals surface area contributed by atoms with E-state index in [4.69, 9.17) is 9.47 Å². The van der Waals surface area contributed by atoms with Gasteiger partial charge in [0.25, 0.3) is 0 Å². The summed E-state index contributed by atoms with van der Waals surface area (Å²) in [5.74, 6) is 0.723. The second kappa shape index (κ2) is 9.41. The fraction of sp³-hybridized carbons (Fsp3) is 0.682. The lowest BCUT2D eigenvalue weighted by molar-refractivity contribution is -0.151. The van der Waals surface area contributed by atoms with Crippen LogP contribution in [0.2, 0.25) is 0 Å². The molecule has 1 aromatic carbocycles. The lowest BCUT2D eigenvalue weighted by Gasteiger charge is -2.44. The van der Waals surface area contributed by atoms with Crippen LogP contribution < -0.4 is 4.74 Å². The third kappa shape index (κ3) is 4.90. The minimum absolute atomic E-state index is 0.236. The smallest absolute Gasteiger partial charge is 0.237 e. The predicted octanol–water partition coefficient (Wildman–Crippen LogP) is 2.12. The minimum atomic E-state index is -0.239. The molecule has 0 N–H and O–H groups in total. The summed E-state index contributed by atoms with van der Waals surface area (Å²) in [5.41, 5.74) is 0.869. The second-order valence-electron chi connectivity index (χ2n) is 8.36. The highest BCUT2D eigenvalue weighted by Crippen LogP contribution is 2.28. The van der Waals surface area contributed by atoms with E-state index in [1.807, 2.05) is 0 Å². The van der Waals surface area contributed by atoms with Crippen LogP contribution >= 0.6 is 0 Å². The second-order valence-corrected chi connectivity index (χ2v) is 8.36. The highest BCUT2D eigenvalue weighted by molar-refractivity contribution is 5.78. The van der Waals surface area contributed by atoms with Gasteiger partial charge in [0, 0.05) is 44.8 Å². The van der Waals surface area contributed by atoms with Gasteiger partial charge in [-0.3, -0.25) is 14.6 Å². The third-order valence-corrected chi connectivity index (χ3v) is 6.51. The molecular formula is C22H32FN3O3. The number of hydrogen-bond donors (Lipinski definition) is 0. The van der Waals surface area contributed by atoms with Crippen LogP contribution in [0.5, 0.6) is 5.75 Å². The minimum Gasteiger partial charge on any atom is -0.496 e. The summed E-state index contributed by atoms with van der Waals surface area (Å²) in [6, 6.07) is 4.93. The number of halogens is 1. The van der Waals surface area contributed by atoms with E-state index in [1.165, 1.54) is 18.9 Å². The zero-order chi connectivity index (χ0) is 20.2. The largest absolute Gasteiger partial charge is 0.496 e. The summed E-state index contributed by atoms with van der Waals surface area (Å²) < 4.78 is 24.9. The molecule has 3 fully saturated rings. The molecule has 4 rings (SSSR count). The first kappa shape index (κ1) is 20.6. The molecule has 0 aromatic heterocycles. The van der Waals surface area contributed by atoms with Crippen LogP contribution in [0, 0.1) is 5.82 Å². The number of carbonyl (C=O) groups excluding carboxylic acids is 1. The molecule has 2 saturated heterocycles. The monoisotopic (exact) mass is 405 g/mol. The van der Waals surface area contributed by atoms with E-state index in [1.54, 1.807) is 19.2 Å². The van der Waals surface area contributed by atoms with Crippen molar-refractivity contribution in [2.45, 2.75) is 44.4 Å². The fourth-order valence-corrected chi connectivity index (χ4v) is 4.91. The quantitative estimate of drug-likeness (QED) is 0.751. The van der Waals surface area contributed by atoms with Crippen molar-refractivity contribution in [1.29, 1.82) is 0 Å². The van der Waals surface area contributed by atoms with Crippen LogP contribution in [-0.4, -0.2) is 85.7 Å². The normalized spacial score (nSPS) is 26.2. The van der Waals surface area contributed by atoms with Crippen LogP contribution in [0.1, 0.15) is 31.2 Å². The average molecular weight is 406 g/mol. The van der Waals surface area contributed by atoms with Gasteiger partial charge in [-0.05, 0) is 31.0 Å². The Morgan fingerprint density at radius 2 is 1.90 bits per heavy atom. The van der Waals surface area contributed by atoms with E-state index >= 15 is 0 Å². The van der Waals surface area contributed by atoms with Crippen molar-refractivity contribution in [2.75, 3.05) is 53.0 Å². The lowest BCUT2D eigenvalue weighted by atomic mass is 9.90. The van der Waals surface area contributed by atoms with Gasteiger partial charge in [0.2, 0.25) is 5.91 Å². The molecule has 1 aliphatic carbocycles. The molecule has 2 aliphatic heterocycles. The van der Waals surface area contributed by atoms with Gasteiger partial charge >= 0.3 is 0 Å². The van der Waals surface area contributed by atoms with Crippen molar-refractivity contribution < 1.29 is 18.7 Å². The number of carbonyl (C=O) groups is 1. The van der Waals surface area contributed by atoms with Gasteiger partial charge in [-0.1, -0.05) is 12.8 Å². The Bertz CT molecular complexity index is 707. The van der Waals surface area contributed by atoms with E-state index in [0.29, 0.717) is 19.7 Å². The van der Waals surface area contributed by atoms with Crippen molar-refractivity contribution >= 4 is 5.91 Å². The molecule has 1 saturated carbocycles. The third-order valence-electron chi connectivity index (χ3n) is 6.51. The van der Waals surface area contributed by atoms with Gasteiger partial charge < -0.3 is 14.4 Å². The SMILES string of the molecule is COc1ccc(F)cc1CN1CCN(CC(=O)N2CCOC3CCCCC32)CC1. The number of fused-ring (bicyclic) bond motifs is 1. The summed E-state index contributed by atoms with van der Waals surface area (Å²) in [6.07, 6.45) is 4.79. The van der Waals surface area contributed by atoms with E-state index in [2.05, 4.69) is 14.7 Å². The lowest BCUT2D eigenvalue weighted by Crippen LogP contribution is -2.57. The maximum atomic E-state index is 13.6. The molecular weight excluding hydrogens is 373 g/mol. The fourth-order valence-electron chi connectivity index (χ4n) is 4.91. The zero-order valence-electron chi connectivity index (χ0n) is 17.3. The van der Waals surface area contributed by atoms with E-state index in [0.717, 1.165) is 56.9 Å². The molecule has 2 unspecified atom stereocenters. The number of methoxy groups -OCH3 is 1. The Balaban J connectivity index is 1.28. The van der Waals surface area contributed by atoms with Gasteiger partial charge in [-0.15, -0.1) is 0 Å². The Hall–Kier alpha value is -1.70. The summed E-state index contributed by atoms with van der Waals surface area (Å²) in [5, 5.41) is 0. The van der Waals surface area contributed by atoms with Gasteiger partial charge in [0.15, 0.2) is 0 Å². The molecule has 6 nitrogen and oxygen atoms in total. The van der Waals surface area contributed by atoms with Crippen LogP contribution in [0.4, 0.5) is 4.39 Å². The zero-order valence-corrected chi connectivity index (χ0v) is 17.3. The van der Waals surface area contributed by atoms with Crippen molar-refractivity contribution in [2.24, 2.45) is 0 Å². The molecule has 7 heteroatoms. The molecule has 1 aromatic rings. The number of hydrogen-bond acceptors (Lipinski definition) is 5. The summed E-state index contributed by atoms with van der Waals surface area (Å²) in [7, 11) is 1.61. The first-order chi connectivity index (χ1) is 14.1. The molecule has 2 heterocycles. The van der Waals surface area contributed by atoms with Crippen molar-refractivity contribution in [3.8, 4) is 5.75 Å². The number of benzene rings is 1. The van der Waals surface area contributed by atoms with Crippen molar-refractivity contribution in [3.63, 3.8) is 0 Å². The summed E-state index contributed by atoms with van der Waals surface area (Å²) in [4.78, 5) is 19.6. The highest BCUT2D eigenvalue weighted by Gasteiger charge is 2.37. The van der Waals surface area contributed by atoms with Gasteiger partial charge in [0.1, 0.15) is 11.6 Å². The maximum absolute atomic E-state index is 13.6. The standard InChI is InChI=1S/C22H32FN3O3/c1-28-20-7-6-18(23)14-17(20)15-24-8-10-25(11-9-24)16-22(27)26-12-13-29-21-5-3-2-4-19(21)26/h6-7,14,19,21H,2-5,8-13,15-16H2,1H3. The Morgan fingerprint density at radius 3 is 2.69 bits per heavy atom. The Labute approximate surface area is 172 Å². The Kier molecular flexibility index (Phi) is 6.67. The van der Waals surface area contributed by atoms with E-state index < -0.39 is 0 Å². The van der Waals surface area contributed by atoms with Crippen LogP contribution in [0.15, 0.2) is 18.2 Å². The number of morpholine rings is 1. The molecule has 29 heavy (non-hydrogen) atoms. The van der Waals surface area contributed by atoms with Crippen molar-refractivity contribution in [1.82, 2.24) is 14.7 Å². The molecule has 3 aliphatic rings. The summed E-state index contributed by atoms with van der Waals surface area (Å²) in [6.45, 7) is 5.96. The summed E-state index contributed by atoms with van der Waals surface area (Å²) >= 11 is 0. The molecule has 160 valence electrons. The van der Waals surface area contributed by atoms with Crippen LogP contribution in [0.3, 0.4) is 0 Å². The molecule has 0 spiro atoms. The van der Waals surface area contributed by atoms with Crippen LogP contribution in [0.25, 0.3) is 0 Å². The predicted molar refractivity (Wildman–Crippen MR) is 108 cm³/mol. The molecule has 0 bridgehead atoms.